The van der Waals surface area contributed by atoms with Crippen LogP contribution in [0.1, 0.15) is 63.9 Å². The molecule has 0 saturated heterocycles. The minimum Gasteiger partial charge on any atom is -0.540 e. The number of carbonyl (C=O) groups excluding carboxylic acids is 2. The Morgan fingerprint density at radius 3 is 2.30 bits per heavy atom. The minimum atomic E-state index is -2.46. The molecule has 0 spiro atoms. The maximum Gasteiger partial charge on any atom is 0.416 e. The Hall–Kier alpha value is -3.83. The van der Waals surface area contributed by atoms with Crippen LogP contribution in [0.3, 0.4) is 0 Å². The highest BCUT2D eigenvalue weighted by atomic mass is 28.4. The predicted octanol–water partition coefficient (Wildman–Crippen LogP) is 6.37. The first-order chi connectivity index (χ1) is 20.4. The fourth-order valence-electron chi connectivity index (χ4n) is 6.54. The lowest BCUT2D eigenvalue weighted by molar-refractivity contribution is 0.0559. The van der Waals surface area contributed by atoms with Gasteiger partial charge in [-0.1, -0.05) is 54.2 Å². The van der Waals surface area contributed by atoms with Crippen LogP contribution >= 0.6 is 0 Å². The van der Waals surface area contributed by atoms with Gasteiger partial charge in [-0.15, -0.1) is 0 Å². The topological polar surface area (TPSA) is 111 Å². The molecule has 3 heterocycles. The van der Waals surface area contributed by atoms with E-state index in [1.165, 1.54) is 25.2 Å². The first kappa shape index (κ1) is 32.1. The predicted molar refractivity (Wildman–Crippen MR) is 168 cm³/mol. The van der Waals surface area contributed by atoms with Crippen LogP contribution in [0.5, 0.6) is 17.4 Å². The van der Waals surface area contributed by atoms with Crippen LogP contribution < -0.4 is 18.8 Å². The summed E-state index contributed by atoms with van der Waals surface area (Å²) in [6.45, 7) is 16.6. The molecule has 0 saturated carbocycles. The van der Waals surface area contributed by atoms with E-state index in [-0.39, 0.29) is 46.8 Å². The number of aliphatic hydroxyl groups excluding tert-OH is 1. The lowest BCUT2D eigenvalue weighted by atomic mass is 10.0. The van der Waals surface area contributed by atoms with Crippen LogP contribution in [-0.2, 0) is 4.74 Å². The van der Waals surface area contributed by atoms with Crippen molar-refractivity contribution in [2.24, 2.45) is 0 Å². The second-order valence-corrected chi connectivity index (χ2v) is 17.2. The SMILES string of the molecule is C=CCOC(=O)N1c2cc(O[Si](C(C)C)(C(C)C)C(C)C)c(OC)cc2C(=O)N2C=C(c3ccc(OC)nc3)C[C@H]2C1O. The molecule has 2 amide bonds. The first-order valence-electron chi connectivity index (χ1n) is 14.6. The van der Waals surface area contributed by atoms with Crippen molar-refractivity contribution >= 4 is 31.6 Å². The normalized spacial score (nSPS) is 18.3. The molecule has 0 fully saturated rings. The van der Waals surface area contributed by atoms with Gasteiger partial charge in [-0.05, 0) is 46.3 Å². The number of anilines is 1. The van der Waals surface area contributed by atoms with E-state index in [0.29, 0.717) is 17.4 Å². The lowest BCUT2D eigenvalue weighted by Gasteiger charge is -2.42. The average Bonchev–Trinajstić information content (AvgIpc) is 3.40. The van der Waals surface area contributed by atoms with E-state index in [0.717, 1.165) is 16.0 Å². The van der Waals surface area contributed by atoms with Crippen LogP contribution in [0, 0.1) is 0 Å². The van der Waals surface area contributed by atoms with Gasteiger partial charge in [0, 0.05) is 24.5 Å². The Bertz CT molecular complexity index is 1370. The Balaban J connectivity index is 1.88. The number of rotatable bonds is 10. The summed E-state index contributed by atoms with van der Waals surface area (Å²) in [5.74, 6) is 0.872. The molecule has 2 aliphatic heterocycles. The van der Waals surface area contributed by atoms with E-state index in [9.17, 15) is 14.7 Å². The number of fused-ring (bicyclic) bond motifs is 2. The second kappa shape index (κ2) is 12.8. The number of hydrogen-bond donors (Lipinski definition) is 1. The Morgan fingerprint density at radius 1 is 1.09 bits per heavy atom. The summed E-state index contributed by atoms with van der Waals surface area (Å²) in [4.78, 5) is 34.6. The van der Waals surface area contributed by atoms with E-state index in [4.69, 9.17) is 18.6 Å². The molecule has 4 rings (SSSR count). The molecule has 10 nitrogen and oxygen atoms in total. The molecule has 0 radical (unpaired) electrons. The number of nitrogens with zero attached hydrogens (tertiary/aromatic N) is 3. The van der Waals surface area contributed by atoms with E-state index >= 15 is 0 Å². The summed E-state index contributed by atoms with van der Waals surface area (Å²) >= 11 is 0. The number of aromatic nitrogens is 1. The van der Waals surface area contributed by atoms with E-state index in [1.54, 1.807) is 30.6 Å². The number of methoxy groups -OCH3 is 2. The summed E-state index contributed by atoms with van der Waals surface area (Å²) < 4.78 is 23.3. The largest absolute Gasteiger partial charge is 0.540 e. The van der Waals surface area contributed by atoms with E-state index < -0.39 is 26.7 Å². The zero-order valence-corrected chi connectivity index (χ0v) is 27.3. The third-order valence-electron chi connectivity index (χ3n) is 8.53. The van der Waals surface area contributed by atoms with Crippen LogP contribution in [0.2, 0.25) is 16.6 Å². The van der Waals surface area contributed by atoms with Gasteiger partial charge in [0.15, 0.2) is 12.0 Å². The molecule has 2 aliphatic rings. The molecule has 1 N–H and O–H groups in total. The van der Waals surface area contributed by atoms with Gasteiger partial charge in [0.25, 0.3) is 14.2 Å². The maximum absolute atomic E-state index is 14.2. The number of aliphatic hydroxyl groups is 1. The second-order valence-electron chi connectivity index (χ2n) is 11.8. The van der Waals surface area contributed by atoms with Crippen molar-refractivity contribution in [2.75, 3.05) is 25.7 Å². The van der Waals surface area contributed by atoms with Gasteiger partial charge in [0.1, 0.15) is 12.4 Å². The fourth-order valence-corrected chi connectivity index (χ4v) is 11.8. The third kappa shape index (κ3) is 5.75. The van der Waals surface area contributed by atoms with Crippen molar-refractivity contribution in [3.05, 3.63) is 60.4 Å². The number of carbonyl (C=O) groups is 2. The zero-order valence-electron chi connectivity index (χ0n) is 26.3. The van der Waals surface area contributed by atoms with Gasteiger partial charge in [0.2, 0.25) is 5.88 Å². The summed E-state index contributed by atoms with van der Waals surface area (Å²) in [6.07, 6.45) is 2.85. The summed E-state index contributed by atoms with van der Waals surface area (Å²) in [5.41, 5.74) is 2.71. The lowest BCUT2D eigenvalue weighted by Crippen LogP contribution is -2.51. The molecule has 43 heavy (non-hydrogen) atoms. The standard InChI is InChI=1S/C32H43N3O7Si/c1-10-13-41-32(38)35-25-16-28(42-43(19(2)3,20(4)5)21(6)7)27(39-8)15-24(25)30(36)34-18-23(14-26(34)31(35)37)22-11-12-29(40-9)33-17-22/h10-12,15-21,26,31,37H,1,13-14H2,2-9H3/t26-,31?/m0/s1. The molecular formula is C32H43N3O7Si. The highest BCUT2D eigenvalue weighted by molar-refractivity contribution is 6.78. The van der Waals surface area contributed by atoms with Crippen molar-refractivity contribution in [1.29, 1.82) is 0 Å². The summed E-state index contributed by atoms with van der Waals surface area (Å²) in [5, 5.41) is 11.8. The van der Waals surface area contributed by atoms with Crippen molar-refractivity contribution in [3.63, 3.8) is 0 Å². The van der Waals surface area contributed by atoms with Gasteiger partial charge in [0.05, 0.1) is 31.5 Å². The van der Waals surface area contributed by atoms with Crippen LogP contribution in [0.15, 0.2) is 49.3 Å². The zero-order chi connectivity index (χ0) is 31.6. The van der Waals surface area contributed by atoms with E-state index in [2.05, 4.69) is 53.1 Å². The molecule has 2 aromatic rings. The smallest absolute Gasteiger partial charge is 0.416 e. The molecule has 1 aromatic heterocycles. The molecule has 1 unspecified atom stereocenters. The van der Waals surface area contributed by atoms with Crippen molar-refractivity contribution < 1.29 is 33.3 Å². The number of ether oxygens (including phenoxy) is 3. The summed E-state index contributed by atoms with van der Waals surface area (Å²) in [6, 6.07) is 6.02. The maximum atomic E-state index is 14.2. The van der Waals surface area contributed by atoms with Gasteiger partial charge in [-0.2, -0.15) is 0 Å². The quantitative estimate of drug-likeness (QED) is 0.244. The minimum absolute atomic E-state index is 0.0652. The van der Waals surface area contributed by atoms with Gasteiger partial charge in [-0.3, -0.25) is 4.79 Å². The van der Waals surface area contributed by atoms with Gasteiger partial charge >= 0.3 is 6.09 Å². The van der Waals surface area contributed by atoms with Crippen molar-refractivity contribution in [3.8, 4) is 17.4 Å². The molecular weight excluding hydrogens is 566 g/mol. The van der Waals surface area contributed by atoms with Gasteiger partial charge < -0.3 is 28.6 Å². The molecule has 2 atom stereocenters. The van der Waals surface area contributed by atoms with E-state index in [1.807, 2.05) is 6.07 Å². The summed E-state index contributed by atoms with van der Waals surface area (Å²) in [7, 11) is 0.597. The molecule has 1 aromatic carbocycles. The highest BCUT2D eigenvalue weighted by Gasteiger charge is 2.49. The fraction of sp³-hybridized carbons (Fsp3) is 0.469. The highest BCUT2D eigenvalue weighted by Crippen LogP contribution is 2.48. The Morgan fingerprint density at radius 2 is 1.77 bits per heavy atom. The third-order valence-corrected chi connectivity index (χ3v) is 14.5. The van der Waals surface area contributed by atoms with Gasteiger partial charge in [-0.25, -0.2) is 14.7 Å². The average molecular weight is 610 g/mol. The van der Waals surface area contributed by atoms with Crippen molar-refractivity contribution in [2.45, 2.75) is 76.9 Å². The number of benzene rings is 1. The molecule has 0 bridgehead atoms. The Labute approximate surface area is 255 Å². The van der Waals surface area contributed by atoms with Crippen LogP contribution in [0.25, 0.3) is 5.57 Å². The Kier molecular flexibility index (Phi) is 9.56. The molecule has 0 aliphatic carbocycles. The number of hydrogen-bond acceptors (Lipinski definition) is 8. The van der Waals surface area contributed by atoms with Crippen molar-refractivity contribution in [1.82, 2.24) is 9.88 Å². The van der Waals surface area contributed by atoms with Crippen LogP contribution in [0.4, 0.5) is 10.5 Å². The monoisotopic (exact) mass is 609 g/mol. The van der Waals surface area contributed by atoms with Crippen LogP contribution in [-0.4, -0.2) is 68.4 Å². The molecule has 11 heteroatoms. The molecule has 232 valence electrons. The first-order valence-corrected chi connectivity index (χ1v) is 16.7. The number of pyridine rings is 1. The number of amides is 2.